The summed E-state index contributed by atoms with van der Waals surface area (Å²) in [6.07, 6.45) is 3.94. The van der Waals surface area contributed by atoms with Gasteiger partial charge in [0.2, 0.25) is 5.88 Å². The molecule has 160 valence electrons. The van der Waals surface area contributed by atoms with Crippen LogP contribution in [-0.4, -0.2) is 43.8 Å². The number of aliphatic imine (C=N–C) groups is 1. The number of hydrogen-bond acceptors (Lipinski definition) is 6. The highest BCUT2D eigenvalue weighted by molar-refractivity contribution is 6.03. The molecule has 0 spiro atoms. The fourth-order valence-corrected chi connectivity index (χ4v) is 3.53. The van der Waals surface area contributed by atoms with Crippen molar-refractivity contribution >= 4 is 23.1 Å². The van der Waals surface area contributed by atoms with E-state index in [9.17, 15) is 9.18 Å². The standard InChI is InChI=1S/C23H19FN6O2/c1-13-9-25-22(31)18-11-27-30-12-19(15-6-4-3-5-7-15)20(29-21(18)30)28-14(2)17-8-16(24)10-26-23(17)32-13/h3-8,10-13H,9H2,1-2H3,(H,25,31)/b28-14+/t13-/m0/s1. The van der Waals surface area contributed by atoms with E-state index in [-0.39, 0.29) is 18.3 Å². The molecule has 8 nitrogen and oxygen atoms in total. The van der Waals surface area contributed by atoms with Gasteiger partial charge in [-0.2, -0.15) is 5.10 Å². The summed E-state index contributed by atoms with van der Waals surface area (Å²) in [5.74, 6) is -0.220. The van der Waals surface area contributed by atoms with Crippen LogP contribution in [0.25, 0.3) is 16.8 Å². The monoisotopic (exact) mass is 430 g/mol. The maximum absolute atomic E-state index is 14.0. The molecule has 0 saturated carbocycles. The largest absolute Gasteiger partial charge is 0.472 e. The van der Waals surface area contributed by atoms with Crippen molar-refractivity contribution in [3.05, 3.63) is 71.9 Å². The molecule has 5 rings (SSSR count). The maximum Gasteiger partial charge on any atom is 0.256 e. The van der Waals surface area contributed by atoms with Crippen LogP contribution in [0.5, 0.6) is 5.88 Å². The predicted molar refractivity (Wildman–Crippen MR) is 117 cm³/mol. The zero-order chi connectivity index (χ0) is 22.2. The molecule has 1 aliphatic heterocycles. The number of nitrogens with one attached hydrogen (secondary N) is 1. The summed E-state index contributed by atoms with van der Waals surface area (Å²) in [6, 6.07) is 10.9. The number of halogens is 1. The van der Waals surface area contributed by atoms with E-state index in [4.69, 9.17) is 9.73 Å². The lowest BCUT2D eigenvalue weighted by atomic mass is 10.1. The highest BCUT2D eigenvalue weighted by Gasteiger charge is 2.21. The van der Waals surface area contributed by atoms with Gasteiger partial charge in [0.1, 0.15) is 17.5 Å². The molecule has 9 heteroatoms. The summed E-state index contributed by atoms with van der Waals surface area (Å²) in [6.45, 7) is 3.76. The Bertz CT molecular complexity index is 1370. The van der Waals surface area contributed by atoms with Crippen molar-refractivity contribution in [3.63, 3.8) is 0 Å². The molecule has 4 heterocycles. The first-order valence-corrected chi connectivity index (χ1v) is 10.1. The number of hydrogen-bond donors (Lipinski definition) is 1. The minimum atomic E-state index is -0.503. The number of rotatable bonds is 1. The van der Waals surface area contributed by atoms with Gasteiger partial charge in [-0.3, -0.25) is 4.79 Å². The first-order chi connectivity index (χ1) is 15.5. The quantitative estimate of drug-likeness (QED) is 0.498. The van der Waals surface area contributed by atoms with Crippen molar-refractivity contribution in [2.24, 2.45) is 4.99 Å². The van der Waals surface area contributed by atoms with Gasteiger partial charge in [0, 0.05) is 11.8 Å². The van der Waals surface area contributed by atoms with Crippen LogP contribution in [0.15, 0.2) is 60.0 Å². The summed E-state index contributed by atoms with van der Waals surface area (Å²) in [7, 11) is 0. The number of pyridine rings is 1. The number of carbonyl (C=O) groups is 1. The van der Waals surface area contributed by atoms with E-state index in [0.29, 0.717) is 33.9 Å². The smallest absolute Gasteiger partial charge is 0.256 e. The van der Waals surface area contributed by atoms with E-state index >= 15 is 0 Å². The van der Waals surface area contributed by atoms with E-state index in [1.165, 1.54) is 12.3 Å². The van der Waals surface area contributed by atoms with Crippen LogP contribution in [0.2, 0.25) is 0 Å². The fraction of sp³-hybridized carbons (Fsp3) is 0.174. The number of benzene rings is 1. The van der Waals surface area contributed by atoms with Gasteiger partial charge in [0.05, 0.1) is 30.2 Å². The minimum absolute atomic E-state index is 0.222. The summed E-state index contributed by atoms with van der Waals surface area (Å²) >= 11 is 0. The van der Waals surface area contributed by atoms with Gasteiger partial charge in [0.15, 0.2) is 11.5 Å². The Hall–Kier alpha value is -4.14. The van der Waals surface area contributed by atoms with Crippen LogP contribution < -0.4 is 10.1 Å². The van der Waals surface area contributed by atoms with Gasteiger partial charge < -0.3 is 10.1 Å². The number of nitrogens with zero attached hydrogens (tertiary/aromatic N) is 5. The molecular formula is C23H19FN6O2. The van der Waals surface area contributed by atoms with Gasteiger partial charge in [-0.25, -0.2) is 23.9 Å². The Labute approximate surface area is 182 Å². The fourth-order valence-electron chi connectivity index (χ4n) is 3.53. The molecule has 0 aliphatic carbocycles. The van der Waals surface area contributed by atoms with Gasteiger partial charge in [-0.1, -0.05) is 30.3 Å². The Morgan fingerprint density at radius 1 is 1.16 bits per heavy atom. The molecule has 0 saturated heterocycles. The SMILES string of the molecule is C/C1=N\c2nc3c(cnn3cc2-c2ccccc2)C(=O)NC[C@H](C)Oc2ncc(F)cc21. The zero-order valence-electron chi connectivity index (χ0n) is 17.4. The molecule has 32 heavy (non-hydrogen) atoms. The molecule has 1 aliphatic rings. The van der Waals surface area contributed by atoms with E-state index in [1.807, 2.05) is 30.3 Å². The van der Waals surface area contributed by atoms with Crippen LogP contribution in [-0.2, 0) is 0 Å². The molecule has 3 aromatic heterocycles. The van der Waals surface area contributed by atoms with Crippen LogP contribution >= 0.6 is 0 Å². The second kappa shape index (κ2) is 7.84. The lowest BCUT2D eigenvalue weighted by molar-refractivity contribution is 0.0932. The molecule has 1 N–H and O–H groups in total. The highest BCUT2D eigenvalue weighted by Crippen LogP contribution is 2.31. The number of carbonyl (C=O) groups excluding carboxylic acids is 1. The maximum atomic E-state index is 14.0. The molecule has 0 radical (unpaired) electrons. The zero-order valence-corrected chi connectivity index (χ0v) is 17.4. The first kappa shape index (κ1) is 19.8. The van der Waals surface area contributed by atoms with Gasteiger partial charge in [0.25, 0.3) is 5.91 Å². The Kier molecular flexibility index (Phi) is 4.85. The molecule has 0 unspecified atom stereocenters. The summed E-state index contributed by atoms with van der Waals surface area (Å²) in [5, 5.41) is 7.14. The van der Waals surface area contributed by atoms with Crippen LogP contribution in [0.3, 0.4) is 0 Å². The second-order valence-corrected chi connectivity index (χ2v) is 7.51. The third-order valence-electron chi connectivity index (χ3n) is 5.15. The van der Waals surface area contributed by atoms with E-state index in [0.717, 1.165) is 11.8 Å². The summed E-state index contributed by atoms with van der Waals surface area (Å²) < 4.78 is 21.5. The number of ether oxygens (including phenoxy) is 1. The minimum Gasteiger partial charge on any atom is -0.472 e. The lowest BCUT2D eigenvalue weighted by Gasteiger charge is -2.16. The van der Waals surface area contributed by atoms with Gasteiger partial charge in [-0.15, -0.1) is 0 Å². The van der Waals surface area contributed by atoms with Crippen molar-refractivity contribution in [1.82, 2.24) is 24.9 Å². The number of aromatic nitrogens is 4. The van der Waals surface area contributed by atoms with Crippen molar-refractivity contribution < 1.29 is 13.9 Å². The third-order valence-corrected chi connectivity index (χ3v) is 5.15. The Morgan fingerprint density at radius 2 is 1.97 bits per heavy atom. The Morgan fingerprint density at radius 3 is 2.78 bits per heavy atom. The van der Waals surface area contributed by atoms with Gasteiger partial charge in [-0.05, 0) is 25.5 Å². The van der Waals surface area contributed by atoms with Crippen molar-refractivity contribution in [1.29, 1.82) is 0 Å². The molecule has 1 aromatic carbocycles. The van der Waals surface area contributed by atoms with E-state index < -0.39 is 11.9 Å². The molecule has 0 fully saturated rings. The van der Waals surface area contributed by atoms with Crippen LogP contribution in [0.1, 0.15) is 29.8 Å². The number of amides is 1. The average Bonchev–Trinajstić information content (AvgIpc) is 3.21. The highest BCUT2D eigenvalue weighted by atomic mass is 19.1. The van der Waals surface area contributed by atoms with Crippen molar-refractivity contribution in [2.75, 3.05) is 6.54 Å². The van der Waals surface area contributed by atoms with Crippen molar-refractivity contribution in [3.8, 4) is 17.0 Å². The Balaban J connectivity index is 1.79. The normalized spacial score (nSPS) is 17.9. The third kappa shape index (κ3) is 3.58. The topological polar surface area (TPSA) is 93.8 Å². The summed E-state index contributed by atoms with van der Waals surface area (Å²) in [5.41, 5.74) is 3.18. The molecular weight excluding hydrogens is 411 g/mol. The van der Waals surface area contributed by atoms with Crippen LogP contribution in [0.4, 0.5) is 10.2 Å². The predicted octanol–water partition coefficient (Wildman–Crippen LogP) is 3.58. The average molecular weight is 430 g/mol. The first-order valence-electron chi connectivity index (χ1n) is 10.1. The van der Waals surface area contributed by atoms with E-state index in [2.05, 4.69) is 20.4 Å². The molecule has 1 atom stereocenters. The van der Waals surface area contributed by atoms with E-state index in [1.54, 1.807) is 24.6 Å². The lowest BCUT2D eigenvalue weighted by Crippen LogP contribution is -2.34. The number of fused-ring (bicyclic) bond motifs is 2. The van der Waals surface area contributed by atoms with Crippen molar-refractivity contribution in [2.45, 2.75) is 20.0 Å². The van der Waals surface area contributed by atoms with Gasteiger partial charge >= 0.3 is 0 Å². The molecule has 1 amide bonds. The second-order valence-electron chi connectivity index (χ2n) is 7.51. The summed E-state index contributed by atoms with van der Waals surface area (Å²) in [4.78, 5) is 26.3. The molecule has 2 bridgehead atoms. The molecule has 4 aromatic rings. The van der Waals surface area contributed by atoms with Crippen LogP contribution in [0, 0.1) is 5.82 Å².